The molecule has 0 aliphatic carbocycles. The third-order valence-electron chi connectivity index (χ3n) is 9.69. The Hall–Kier alpha value is -6.56. The standard InChI is InChI=1S/2C17H12F3NO2.C10H8INO2/c1-21-9-14(10-2-5-12(6-3-10)17(18,19)20)13-7-4-11(16(22)23)8-15(13)21;1-21-9-14(10-3-2-4-12(7-10)17(18,19)20)13-6-5-11(16(22)23)8-15(13)21;1-12-5-8(11)7-3-2-6(10(13)14)4-9(7)12/h2*2-9H,1H3,(H,22,23);2-5H,1H3,(H,13,14). The number of halogens is 7. The first-order chi connectivity index (χ1) is 28.1. The number of aryl methyl sites for hydroxylation is 3. The Balaban J connectivity index is 0.000000156. The van der Waals surface area contributed by atoms with Gasteiger partial charge in [-0.1, -0.05) is 42.5 Å². The van der Waals surface area contributed by atoms with E-state index in [1.165, 1.54) is 36.4 Å². The van der Waals surface area contributed by atoms with Gasteiger partial charge >= 0.3 is 30.3 Å². The average Bonchev–Trinajstić information content (AvgIpc) is 3.82. The maximum atomic E-state index is 12.9. The second-order valence-electron chi connectivity index (χ2n) is 13.7. The molecule has 0 fully saturated rings. The Morgan fingerprint density at radius 2 is 0.883 bits per heavy atom. The van der Waals surface area contributed by atoms with Crippen molar-refractivity contribution >= 4 is 73.2 Å². The van der Waals surface area contributed by atoms with Gasteiger partial charge in [-0.25, -0.2) is 14.4 Å². The molecule has 0 unspecified atom stereocenters. The monoisotopic (exact) mass is 939 g/mol. The van der Waals surface area contributed by atoms with Crippen LogP contribution in [0.2, 0.25) is 0 Å². The summed E-state index contributed by atoms with van der Waals surface area (Å²) in [7, 11) is 5.41. The first-order valence-electron chi connectivity index (χ1n) is 17.6. The molecule has 0 saturated carbocycles. The number of hydrogen-bond acceptors (Lipinski definition) is 3. The van der Waals surface area contributed by atoms with E-state index in [-0.39, 0.29) is 11.1 Å². The summed E-state index contributed by atoms with van der Waals surface area (Å²) in [6, 6.07) is 24.5. The molecule has 3 N–H and O–H groups in total. The molecule has 0 spiro atoms. The van der Waals surface area contributed by atoms with Crippen molar-refractivity contribution in [1.29, 1.82) is 0 Å². The number of carboxylic acid groups (broad SMARTS) is 3. The van der Waals surface area contributed by atoms with Crippen LogP contribution in [-0.2, 0) is 33.5 Å². The summed E-state index contributed by atoms with van der Waals surface area (Å²) in [5, 5.41) is 29.5. The zero-order chi connectivity index (χ0) is 43.8. The lowest BCUT2D eigenvalue weighted by atomic mass is 10.0. The zero-order valence-electron chi connectivity index (χ0n) is 31.6. The molecule has 8 aromatic rings. The number of hydrogen-bond donors (Lipinski definition) is 3. The van der Waals surface area contributed by atoms with Gasteiger partial charge in [0.15, 0.2) is 0 Å². The fourth-order valence-corrected chi connectivity index (χ4v) is 7.54. The number of carboxylic acids is 3. The summed E-state index contributed by atoms with van der Waals surface area (Å²) >= 11 is 2.24. The van der Waals surface area contributed by atoms with Crippen LogP contribution < -0.4 is 0 Å². The van der Waals surface area contributed by atoms with Crippen LogP contribution in [0, 0.1) is 3.57 Å². The molecule has 9 nitrogen and oxygen atoms in total. The van der Waals surface area contributed by atoms with Gasteiger partial charge in [-0.15, -0.1) is 0 Å². The van der Waals surface area contributed by atoms with Crippen molar-refractivity contribution in [2.45, 2.75) is 12.4 Å². The quantitative estimate of drug-likeness (QED) is 0.117. The van der Waals surface area contributed by atoms with E-state index >= 15 is 0 Å². The molecular weight excluding hydrogens is 907 g/mol. The van der Waals surface area contributed by atoms with Crippen molar-refractivity contribution in [3.05, 3.63) is 153 Å². The summed E-state index contributed by atoms with van der Waals surface area (Å²) in [6.45, 7) is 0. The van der Waals surface area contributed by atoms with Crippen LogP contribution >= 0.6 is 22.6 Å². The highest BCUT2D eigenvalue weighted by atomic mass is 127. The predicted octanol–water partition coefficient (Wildman–Crippen LogP) is 11.6. The Bertz CT molecular complexity index is 2940. The molecule has 16 heteroatoms. The average molecular weight is 940 g/mol. The van der Waals surface area contributed by atoms with Crippen molar-refractivity contribution < 1.29 is 56.0 Å². The largest absolute Gasteiger partial charge is 0.478 e. The number of nitrogens with zero attached hydrogens (tertiary/aromatic N) is 3. The molecule has 0 atom stereocenters. The molecule has 3 aromatic heterocycles. The van der Waals surface area contributed by atoms with Gasteiger partial charge in [0.2, 0.25) is 0 Å². The second kappa shape index (κ2) is 16.6. The van der Waals surface area contributed by atoms with Crippen LogP contribution in [-0.4, -0.2) is 46.9 Å². The minimum Gasteiger partial charge on any atom is -0.478 e. The Kier molecular flexibility index (Phi) is 11.9. The van der Waals surface area contributed by atoms with Gasteiger partial charge in [-0.3, -0.25) is 0 Å². The van der Waals surface area contributed by atoms with Gasteiger partial charge in [0.25, 0.3) is 0 Å². The molecular formula is C44H32F6IN3O6. The number of fused-ring (bicyclic) bond motifs is 3. The van der Waals surface area contributed by atoms with Crippen molar-refractivity contribution in [3.63, 3.8) is 0 Å². The van der Waals surface area contributed by atoms with E-state index in [9.17, 15) is 40.7 Å². The first kappa shape index (κ1) is 43.0. The van der Waals surface area contributed by atoms with Crippen LogP contribution in [0.1, 0.15) is 42.2 Å². The highest BCUT2D eigenvalue weighted by Gasteiger charge is 2.31. The van der Waals surface area contributed by atoms with E-state index in [0.717, 1.165) is 49.7 Å². The number of rotatable bonds is 5. The van der Waals surface area contributed by atoms with Crippen LogP contribution in [0.5, 0.6) is 0 Å². The summed E-state index contributed by atoms with van der Waals surface area (Å²) in [6.07, 6.45) is -3.31. The fourth-order valence-electron chi connectivity index (χ4n) is 6.66. The van der Waals surface area contributed by atoms with Crippen molar-refractivity contribution in [3.8, 4) is 22.3 Å². The molecule has 0 aliphatic rings. The molecule has 0 bridgehead atoms. The van der Waals surface area contributed by atoms with Gasteiger partial charge < -0.3 is 29.0 Å². The van der Waals surface area contributed by atoms with Crippen molar-refractivity contribution in [1.82, 2.24) is 13.7 Å². The minimum atomic E-state index is -4.41. The van der Waals surface area contributed by atoms with Crippen LogP contribution in [0.3, 0.4) is 0 Å². The van der Waals surface area contributed by atoms with E-state index in [4.69, 9.17) is 15.3 Å². The number of aromatic nitrogens is 3. The number of benzene rings is 5. The fraction of sp³-hybridized carbons (Fsp3) is 0.114. The molecule has 3 heterocycles. The third kappa shape index (κ3) is 9.02. The Morgan fingerprint density at radius 1 is 0.483 bits per heavy atom. The van der Waals surface area contributed by atoms with E-state index < -0.39 is 41.4 Å². The summed E-state index contributed by atoms with van der Waals surface area (Å²) in [5.74, 6) is -2.96. The lowest BCUT2D eigenvalue weighted by Gasteiger charge is -2.08. The maximum absolute atomic E-state index is 12.9. The molecule has 60 heavy (non-hydrogen) atoms. The van der Waals surface area contributed by atoms with Gasteiger partial charge in [0, 0.05) is 87.1 Å². The molecule has 8 rings (SSSR count). The van der Waals surface area contributed by atoms with Crippen LogP contribution in [0.25, 0.3) is 55.0 Å². The van der Waals surface area contributed by atoms with Gasteiger partial charge in [0.05, 0.1) is 27.8 Å². The normalized spacial score (nSPS) is 11.6. The van der Waals surface area contributed by atoms with E-state index in [1.54, 1.807) is 72.0 Å². The smallest absolute Gasteiger partial charge is 0.416 e. The minimum absolute atomic E-state index is 0.134. The van der Waals surface area contributed by atoms with Gasteiger partial charge in [-0.05, 0) is 94.4 Å². The Labute approximate surface area is 350 Å². The molecule has 0 saturated heterocycles. The lowest BCUT2D eigenvalue weighted by molar-refractivity contribution is -0.138. The van der Waals surface area contributed by atoms with E-state index in [2.05, 4.69) is 22.6 Å². The first-order valence-corrected chi connectivity index (χ1v) is 18.7. The lowest BCUT2D eigenvalue weighted by Crippen LogP contribution is -2.04. The second-order valence-corrected chi connectivity index (χ2v) is 14.8. The number of carbonyl (C=O) groups is 3. The highest BCUT2D eigenvalue weighted by molar-refractivity contribution is 14.1. The van der Waals surface area contributed by atoms with Gasteiger partial charge in [-0.2, -0.15) is 26.3 Å². The highest BCUT2D eigenvalue weighted by Crippen LogP contribution is 2.37. The van der Waals surface area contributed by atoms with Crippen LogP contribution in [0.4, 0.5) is 26.3 Å². The van der Waals surface area contributed by atoms with Crippen LogP contribution in [0.15, 0.2) is 122 Å². The summed E-state index contributed by atoms with van der Waals surface area (Å²) in [5.41, 5.74) is 4.00. The molecule has 308 valence electrons. The van der Waals surface area contributed by atoms with Crippen molar-refractivity contribution in [2.24, 2.45) is 21.1 Å². The van der Waals surface area contributed by atoms with E-state index in [1.807, 2.05) is 23.9 Å². The predicted molar refractivity (Wildman–Crippen MR) is 223 cm³/mol. The summed E-state index contributed by atoms with van der Waals surface area (Å²) in [4.78, 5) is 32.9. The SMILES string of the molecule is Cn1cc(-c2ccc(C(F)(F)F)cc2)c2ccc(C(=O)O)cc21.Cn1cc(-c2cccc(C(F)(F)F)c2)c2ccc(C(=O)O)cc21.Cn1cc(I)c2ccc(C(=O)O)cc21. The molecule has 0 aliphatic heterocycles. The molecule has 0 amide bonds. The van der Waals surface area contributed by atoms with Crippen molar-refractivity contribution in [2.75, 3.05) is 0 Å². The van der Waals surface area contributed by atoms with Gasteiger partial charge in [0.1, 0.15) is 0 Å². The zero-order valence-corrected chi connectivity index (χ0v) is 33.8. The number of aromatic carboxylic acids is 3. The topological polar surface area (TPSA) is 127 Å². The van der Waals surface area contributed by atoms with E-state index in [0.29, 0.717) is 38.7 Å². The third-order valence-corrected chi connectivity index (χ3v) is 10.5. The number of alkyl halides is 6. The molecule has 5 aromatic carbocycles. The molecule has 0 radical (unpaired) electrons. The Morgan fingerprint density at radius 3 is 1.32 bits per heavy atom. The maximum Gasteiger partial charge on any atom is 0.416 e. The summed E-state index contributed by atoms with van der Waals surface area (Å²) < 4.78 is 83.1.